The van der Waals surface area contributed by atoms with Crippen molar-refractivity contribution in [1.29, 1.82) is 0 Å². The zero-order valence-corrected chi connectivity index (χ0v) is 8.14. The average Bonchev–Trinajstić information content (AvgIpc) is 2.18. The van der Waals surface area contributed by atoms with Crippen LogP contribution in [0.1, 0.15) is 23.7 Å². The summed E-state index contributed by atoms with van der Waals surface area (Å²) in [5.74, 6) is -0.341. The van der Waals surface area contributed by atoms with Gasteiger partial charge in [0.15, 0.2) is 0 Å². The van der Waals surface area contributed by atoms with Gasteiger partial charge in [-0.15, -0.1) is 0 Å². The Balaban J connectivity index is 2.36. The molecule has 0 heterocycles. The van der Waals surface area contributed by atoms with Gasteiger partial charge in [0.1, 0.15) is 0 Å². The third-order valence-corrected chi connectivity index (χ3v) is 1.78. The Kier molecular flexibility index (Phi) is 4.13. The highest BCUT2D eigenvalue weighted by molar-refractivity contribution is 5.89. The number of hydrogen-bond donors (Lipinski definition) is 1. The second-order valence-corrected chi connectivity index (χ2v) is 3.14. The van der Waals surface area contributed by atoms with Crippen molar-refractivity contribution in [2.45, 2.75) is 19.4 Å². The van der Waals surface area contributed by atoms with Crippen LogP contribution in [-0.2, 0) is 4.74 Å². The first-order chi connectivity index (χ1) is 6.70. The quantitative estimate of drug-likeness (QED) is 0.741. The van der Waals surface area contributed by atoms with Gasteiger partial charge in [-0.2, -0.15) is 0 Å². The molecule has 1 aromatic carbocycles. The molecule has 0 aliphatic rings. The van der Waals surface area contributed by atoms with Crippen LogP contribution < -0.4 is 0 Å². The molecule has 0 saturated carbocycles. The molecule has 0 aliphatic carbocycles. The Morgan fingerprint density at radius 1 is 1.43 bits per heavy atom. The number of ether oxygens (including phenoxy) is 1. The number of aliphatic hydroxyl groups is 1. The number of hydrogen-bond acceptors (Lipinski definition) is 3. The number of rotatable bonds is 4. The Bertz CT molecular complexity index is 280. The molecule has 76 valence electrons. The zero-order valence-electron chi connectivity index (χ0n) is 8.14. The van der Waals surface area contributed by atoms with Crippen LogP contribution in [0.4, 0.5) is 0 Å². The molecule has 0 unspecified atom stereocenters. The Hall–Kier alpha value is -1.35. The minimum Gasteiger partial charge on any atom is -0.462 e. The fraction of sp³-hybridized carbons (Fsp3) is 0.364. The third-order valence-electron chi connectivity index (χ3n) is 1.78. The maximum absolute atomic E-state index is 11.3. The molecule has 1 rings (SSSR count). The molecule has 0 spiro atoms. The Labute approximate surface area is 83.3 Å². The van der Waals surface area contributed by atoms with E-state index in [1.807, 2.05) is 6.07 Å². The maximum Gasteiger partial charge on any atom is 0.338 e. The van der Waals surface area contributed by atoms with E-state index in [4.69, 9.17) is 9.84 Å². The van der Waals surface area contributed by atoms with Crippen molar-refractivity contribution in [1.82, 2.24) is 0 Å². The molecule has 0 saturated heterocycles. The van der Waals surface area contributed by atoms with Crippen LogP contribution in [0.2, 0.25) is 0 Å². The third kappa shape index (κ3) is 3.58. The minimum atomic E-state index is -0.432. The smallest absolute Gasteiger partial charge is 0.338 e. The summed E-state index contributed by atoms with van der Waals surface area (Å²) in [6.45, 7) is 1.92. The molecule has 0 radical (unpaired) electrons. The second kappa shape index (κ2) is 5.40. The lowest BCUT2D eigenvalue weighted by atomic mass is 10.2. The van der Waals surface area contributed by atoms with Crippen LogP contribution >= 0.6 is 0 Å². The predicted octanol–water partition coefficient (Wildman–Crippen LogP) is 1.61. The van der Waals surface area contributed by atoms with Crippen LogP contribution in [-0.4, -0.2) is 23.8 Å². The first-order valence-electron chi connectivity index (χ1n) is 4.60. The van der Waals surface area contributed by atoms with E-state index >= 15 is 0 Å². The maximum atomic E-state index is 11.3. The standard InChI is InChI=1S/C11H14O3/c1-9(12)7-8-14-11(13)10-5-3-2-4-6-10/h2-6,9,12H,7-8H2,1H3/t9-/m1/s1. The van der Waals surface area contributed by atoms with Crippen molar-refractivity contribution in [2.24, 2.45) is 0 Å². The van der Waals surface area contributed by atoms with Gasteiger partial charge in [-0.1, -0.05) is 18.2 Å². The number of carbonyl (C=O) groups is 1. The van der Waals surface area contributed by atoms with Crippen LogP contribution in [0.3, 0.4) is 0 Å². The molecule has 1 atom stereocenters. The van der Waals surface area contributed by atoms with E-state index in [-0.39, 0.29) is 12.6 Å². The normalized spacial score (nSPS) is 12.1. The van der Waals surface area contributed by atoms with Crippen LogP contribution in [0.15, 0.2) is 30.3 Å². The first kappa shape index (κ1) is 10.7. The van der Waals surface area contributed by atoms with Crippen molar-refractivity contribution in [3.63, 3.8) is 0 Å². The van der Waals surface area contributed by atoms with Crippen molar-refractivity contribution >= 4 is 5.97 Å². The van der Waals surface area contributed by atoms with E-state index in [2.05, 4.69) is 0 Å². The summed E-state index contributed by atoms with van der Waals surface area (Å²) in [4.78, 5) is 11.3. The number of aliphatic hydroxyl groups excluding tert-OH is 1. The van der Waals surface area contributed by atoms with Crippen molar-refractivity contribution in [2.75, 3.05) is 6.61 Å². The number of esters is 1. The first-order valence-corrected chi connectivity index (χ1v) is 4.60. The van der Waals surface area contributed by atoms with Gasteiger partial charge in [-0.3, -0.25) is 0 Å². The van der Waals surface area contributed by atoms with Crippen molar-refractivity contribution in [3.8, 4) is 0 Å². The summed E-state index contributed by atoms with van der Waals surface area (Å²) in [6, 6.07) is 8.80. The molecule has 3 heteroatoms. The molecule has 14 heavy (non-hydrogen) atoms. The van der Waals surface area contributed by atoms with Gasteiger partial charge in [0.2, 0.25) is 0 Å². The summed E-state index contributed by atoms with van der Waals surface area (Å²) in [5.41, 5.74) is 0.540. The summed E-state index contributed by atoms with van der Waals surface area (Å²) in [6.07, 6.45) is 0.0389. The largest absolute Gasteiger partial charge is 0.462 e. The van der Waals surface area contributed by atoms with Gasteiger partial charge in [0.05, 0.1) is 18.3 Å². The topological polar surface area (TPSA) is 46.5 Å². The monoisotopic (exact) mass is 194 g/mol. The molecule has 0 fully saturated rings. The highest BCUT2D eigenvalue weighted by Crippen LogP contribution is 2.01. The Morgan fingerprint density at radius 3 is 2.64 bits per heavy atom. The van der Waals surface area contributed by atoms with Crippen molar-refractivity contribution in [3.05, 3.63) is 35.9 Å². The summed E-state index contributed by atoms with van der Waals surface area (Å²) >= 11 is 0. The molecule has 0 aliphatic heterocycles. The van der Waals surface area contributed by atoms with Crippen LogP contribution in [0.25, 0.3) is 0 Å². The highest BCUT2D eigenvalue weighted by Gasteiger charge is 2.05. The summed E-state index contributed by atoms with van der Waals surface area (Å²) in [7, 11) is 0. The van der Waals surface area contributed by atoms with Crippen molar-refractivity contribution < 1.29 is 14.6 Å². The second-order valence-electron chi connectivity index (χ2n) is 3.14. The van der Waals surface area contributed by atoms with Gasteiger partial charge in [0, 0.05) is 6.42 Å². The molecule has 1 N–H and O–H groups in total. The fourth-order valence-electron chi connectivity index (χ4n) is 0.980. The van der Waals surface area contributed by atoms with E-state index < -0.39 is 6.10 Å². The molecule has 3 nitrogen and oxygen atoms in total. The molecular formula is C11H14O3. The van der Waals surface area contributed by atoms with Crippen LogP contribution in [0.5, 0.6) is 0 Å². The highest BCUT2D eigenvalue weighted by atomic mass is 16.5. The minimum absolute atomic E-state index is 0.255. The molecule has 1 aromatic rings. The van der Waals surface area contributed by atoms with E-state index in [0.29, 0.717) is 12.0 Å². The summed E-state index contributed by atoms with van der Waals surface area (Å²) < 4.78 is 4.94. The van der Waals surface area contributed by atoms with Crippen LogP contribution in [0, 0.1) is 0 Å². The Morgan fingerprint density at radius 2 is 2.07 bits per heavy atom. The zero-order chi connectivity index (χ0) is 10.4. The number of benzene rings is 1. The van der Waals surface area contributed by atoms with Gasteiger partial charge in [0.25, 0.3) is 0 Å². The lowest BCUT2D eigenvalue weighted by molar-refractivity contribution is 0.0444. The predicted molar refractivity (Wildman–Crippen MR) is 53.0 cm³/mol. The van der Waals surface area contributed by atoms with Gasteiger partial charge < -0.3 is 9.84 Å². The SMILES string of the molecule is C[C@@H](O)CCOC(=O)c1ccccc1. The average molecular weight is 194 g/mol. The van der Waals surface area contributed by atoms with E-state index in [0.717, 1.165) is 0 Å². The summed E-state index contributed by atoms with van der Waals surface area (Å²) in [5, 5.41) is 8.94. The van der Waals surface area contributed by atoms with E-state index in [1.54, 1.807) is 31.2 Å². The number of carbonyl (C=O) groups excluding carboxylic acids is 1. The van der Waals surface area contributed by atoms with E-state index in [1.165, 1.54) is 0 Å². The fourth-order valence-corrected chi connectivity index (χ4v) is 0.980. The van der Waals surface area contributed by atoms with Gasteiger partial charge in [-0.05, 0) is 19.1 Å². The van der Waals surface area contributed by atoms with E-state index in [9.17, 15) is 4.79 Å². The van der Waals surface area contributed by atoms with Gasteiger partial charge in [-0.25, -0.2) is 4.79 Å². The van der Waals surface area contributed by atoms with Gasteiger partial charge >= 0.3 is 5.97 Å². The molecule has 0 aromatic heterocycles. The lowest BCUT2D eigenvalue weighted by Gasteiger charge is -2.05. The molecule has 0 amide bonds. The lowest BCUT2D eigenvalue weighted by Crippen LogP contribution is -2.10. The molecular weight excluding hydrogens is 180 g/mol. The molecule has 0 bridgehead atoms.